The van der Waals surface area contributed by atoms with Crippen molar-refractivity contribution in [3.8, 4) is 0 Å². The number of Topliss-reactive ketones (excluding diaryl/α,β-unsaturated/α-hetero) is 1. The number of benzene rings is 1. The van der Waals surface area contributed by atoms with Gasteiger partial charge in [-0.15, -0.1) is 0 Å². The Bertz CT molecular complexity index is 1660. The van der Waals surface area contributed by atoms with Gasteiger partial charge in [0.15, 0.2) is 14.1 Å². The number of esters is 1. The van der Waals surface area contributed by atoms with Gasteiger partial charge in [0.25, 0.3) is 0 Å². The zero-order chi connectivity index (χ0) is 38.7. The van der Waals surface area contributed by atoms with Crippen molar-refractivity contribution >= 4 is 25.6 Å². The van der Waals surface area contributed by atoms with Crippen LogP contribution in [0.25, 0.3) is 5.57 Å². The molecule has 0 radical (unpaired) electrons. The summed E-state index contributed by atoms with van der Waals surface area (Å²) in [5, 5.41) is 0.144. The molecule has 5 aliphatic rings. The fourth-order valence-electron chi connectivity index (χ4n) is 12.7. The SMILES string of the molecule is CC(C)C1=C2[C@H]3CC[C@@H]4[C@@]5(C)CC=C(c6ccc(C(=O)OC(C)(C)C)cc6)C(C)(C)[C@@H]5CC[C@@]4(C)[C@]3(C)CC[C@@]2(CO[Si](C)(C)C(C)(C)C)CC1=O. The topological polar surface area (TPSA) is 52.6 Å². The largest absolute Gasteiger partial charge is 0.456 e. The van der Waals surface area contributed by atoms with Gasteiger partial charge in [0.2, 0.25) is 0 Å². The lowest BCUT2D eigenvalue weighted by Crippen LogP contribution is -2.64. The first-order chi connectivity index (χ1) is 23.7. The van der Waals surface area contributed by atoms with Crippen LogP contribution < -0.4 is 0 Å². The monoisotopic (exact) mass is 729 g/mol. The molecule has 3 saturated carbocycles. The summed E-state index contributed by atoms with van der Waals surface area (Å²) in [7, 11) is -1.98. The Morgan fingerprint density at radius 2 is 1.50 bits per heavy atom. The molecule has 0 heterocycles. The molecule has 7 atom stereocenters. The van der Waals surface area contributed by atoms with Gasteiger partial charge in [-0.25, -0.2) is 4.79 Å². The summed E-state index contributed by atoms with van der Waals surface area (Å²) >= 11 is 0. The van der Waals surface area contributed by atoms with E-state index in [9.17, 15) is 9.59 Å². The lowest BCUT2D eigenvalue weighted by atomic mass is 9.33. The van der Waals surface area contributed by atoms with Crippen LogP contribution in [0.5, 0.6) is 0 Å². The molecule has 0 aliphatic heterocycles. The van der Waals surface area contributed by atoms with Crippen molar-refractivity contribution in [3.63, 3.8) is 0 Å². The Kier molecular flexibility index (Phi) is 9.56. The summed E-state index contributed by atoms with van der Waals surface area (Å²) < 4.78 is 12.7. The van der Waals surface area contributed by atoms with Crippen LogP contribution in [0.1, 0.15) is 157 Å². The van der Waals surface area contributed by atoms with E-state index in [2.05, 4.69) is 101 Å². The van der Waals surface area contributed by atoms with E-state index < -0.39 is 13.9 Å². The molecule has 3 fully saturated rings. The third-order valence-corrected chi connectivity index (χ3v) is 21.0. The summed E-state index contributed by atoms with van der Waals surface area (Å²) in [5.41, 5.74) is 5.87. The fraction of sp³-hybridized carbons (Fsp3) is 0.745. The molecule has 5 aliphatic carbocycles. The zero-order valence-electron chi connectivity index (χ0n) is 35.7. The smallest absolute Gasteiger partial charge is 0.338 e. The first-order valence-corrected chi connectivity index (χ1v) is 23.6. The highest BCUT2D eigenvalue weighted by Gasteiger charge is 2.69. The third kappa shape index (κ3) is 6.00. The molecule has 6 rings (SSSR count). The number of hydrogen-bond donors (Lipinski definition) is 0. The predicted molar refractivity (Wildman–Crippen MR) is 218 cm³/mol. The molecule has 52 heavy (non-hydrogen) atoms. The van der Waals surface area contributed by atoms with E-state index in [0.29, 0.717) is 42.1 Å². The number of rotatable bonds is 6. The number of ether oxygens (including phenoxy) is 1. The van der Waals surface area contributed by atoms with Crippen LogP contribution >= 0.6 is 0 Å². The van der Waals surface area contributed by atoms with Crippen molar-refractivity contribution in [2.75, 3.05) is 6.61 Å². The molecule has 4 nitrogen and oxygen atoms in total. The minimum Gasteiger partial charge on any atom is -0.456 e. The van der Waals surface area contributed by atoms with Crippen molar-refractivity contribution in [3.05, 3.63) is 52.6 Å². The minimum atomic E-state index is -1.98. The summed E-state index contributed by atoms with van der Waals surface area (Å²) in [6, 6.07) is 8.17. The van der Waals surface area contributed by atoms with Gasteiger partial charge in [-0.3, -0.25) is 4.79 Å². The van der Waals surface area contributed by atoms with Crippen LogP contribution in [-0.4, -0.2) is 32.3 Å². The van der Waals surface area contributed by atoms with Gasteiger partial charge in [-0.1, -0.05) is 93.0 Å². The zero-order valence-corrected chi connectivity index (χ0v) is 36.7. The molecular weight excluding hydrogens is 657 g/mol. The van der Waals surface area contributed by atoms with Crippen molar-refractivity contribution < 1.29 is 18.8 Å². The van der Waals surface area contributed by atoms with Gasteiger partial charge in [0.05, 0.1) is 5.56 Å². The van der Waals surface area contributed by atoms with Crippen molar-refractivity contribution in [2.24, 2.45) is 50.7 Å². The highest BCUT2D eigenvalue weighted by Crippen LogP contribution is 2.77. The molecule has 0 saturated heterocycles. The lowest BCUT2D eigenvalue weighted by Gasteiger charge is -2.71. The second-order valence-electron chi connectivity index (χ2n) is 22.1. The maximum absolute atomic E-state index is 14.1. The first-order valence-electron chi connectivity index (χ1n) is 20.7. The normalized spacial score (nSPS) is 36.1. The Hall–Kier alpha value is -1.98. The Balaban J connectivity index is 1.32. The van der Waals surface area contributed by atoms with E-state index in [1.165, 1.54) is 54.4 Å². The van der Waals surface area contributed by atoms with E-state index in [1.54, 1.807) is 0 Å². The van der Waals surface area contributed by atoms with Crippen molar-refractivity contribution in [2.45, 2.75) is 165 Å². The Morgan fingerprint density at radius 1 is 0.865 bits per heavy atom. The number of carbonyl (C=O) groups excluding carboxylic acids is 2. The van der Waals surface area contributed by atoms with Crippen LogP contribution in [0.15, 0.2) is 41.5 Å². The Labute approximate surface area is 318 Å². The molecule has 0 amide bonds. The molecule has 0 bridgehead atoms. The summed E-state index contributed by atoms with van der Waals surface area (Å²) in [6.45, 7) is 35.7. The van der Waals surface area contributed by atoms with E-state index in [0.717, 1.165) is 12.8 Å². The average molecular weight is 729 g/mol. The second-order valence-corrected chi connectivity index (χ2v) is 27.0. The maximum Gasteiger partial charge on any atom is 0.338 e. The highest BCUT2D eigenvalue weighted by molar-refractivity contribution is 6.74. The number of ketones is 1. The molecular formula is C47H72O4Si. The van der Waals surface area contributed by atoms with Gasteiger partial charge in [0, 0.05) is 18.4 Å². The summed E-state index contributed by atoms with van der Waals surface area (Å²) in [4.78, 5) is 26.9. The first kappa shape index (κ1) is 39.7. The van der Waals surface area contributed by atoms with Crippen LogP contribution in [0, 0.1) is 50.7 Å². The molecule has 1 aromatic carbocycles. The van der Waals surface area contributed by atoms with Crippen LogP contribution in [0.3, 0.4) is 0 Å². The summed E-state index contributed by atoms with van der Waals surface area (Å²) in [5.74, 6) is 2.04. The second kappa shape index (κ2) is 12.5. The molecule has 1 aromatic rings. The Morgan fingerprint density at radius 3 is 2.08 bits per heavy atom. The minimum absolute atomic E-state index is 0.00747. The molecule has 0 aromatic heterocycles. The average Bonchev–Trinajstić information content (AvgIpc) is 3.31. The molecule has 288 valence electrons. The van der Waals surface area contributed by atoms with Gasteiger partial charge in [-0.2, -0.15) is 0 Å². The predicted octanol–water partition coefficient (Wildman–Crippen LogP) is 12.6. The van der Waals surface area contributed by atoms with E-state index >= 15 is 0 Å². The number of carbonyl (C=O) groups is 2. The number of allylic oxidation sites excluding steroid dienone is 3. The quantitative estimate of drug-likeness (QED) is 0.216. The van der Waals surface area contributed by atoms with Gasteiger partial charge < -0.3 is 9.16 Å². The van der Waals surface area contributed by atoms with Gasteiger partial charge in [-0.05, 0) is 158 Å². The van der Waals surface area contributed by atoms with Crippen molar-refractivity contribution in [1.29, 1.82) is 0 Å². The molecule has 0 unspecified atom stereocenters. The standard InChI is InChI=1S/C47H72O4Si/c1-30(2)38-35(48)28-47(29-50-52(14,15)42(6,7)8)27-26-45(12)34(39(38)47)20-21-37-44(11)24-22-33(43(9,10)36(44)23-25-46(37,45)13)31-16-18-32(19-17-31)40(49)51-41(3,4)5/h16-19,22,30,34,36-37H,20-21,23-29H2,1-15H3/t34-,36+,37-,44+,45-,46-,47+/m1/s1. The number of fused-ring (bicyclic) bond motifs is 7. The van der Waals surface area contributed by atoms with E-state index in [1.807, 2.05) is 32.9 Å². The molecule has 5 heteroatoms. The van der Waals surface area contributed by atoms with Gasteiger partial charge >= 0.3 is 5.97 Å². The molecule has 0 spiro atoms. The lowest BCUT2D eigenvalue weighted by molar-refractivity contribution is -0.197. The van der Waals surface area contributed by atoms with Crippen molar-refractivity contribution in [1.82, 2.24) is 0 Å². The van der Waals surface area contributed by atoms with Crippen LogP contribution in [-0.2, 0) is 14.0 Å². The van der Waals surface area contributed by atoms with Crippen LogP contribution in [0.2, 0.25) is 18.1 Å². The van der Waals surface area contributed by atoms with Crippen LogP contribution in [0.4, 0.5) is 0 Å². The van der Waals surface area contributed by atoms with Gasteiger partial charge in [0.1, 0.15) is 5.60 Å². The maximum atomic E-state index is 14.1. The molecule has 0 N–H and O–H groups in total. The fourth-order valence-corrected chi connectivity index (χ4v) is 13.7. The van der Waals surface area contributed by atoms with E-state index in [4.69, 9.17) is 9.16 Å². The van der Waals surface area contributed by atoms with E-state index in [-0.39, 0.29) is 44.0 Å². The highest BCUT2D eigenvalue weighted by atomic mass is 28.4. The summed E-state index contributed by atoms with van der Waals surface area (Å²) in [6.07, 6.45) is 11.4. The number of hydrogen-bond acceptors (Lipinski definition) is 4. The third-order valence-electron chi connectivity index (χ3n) is 16.5.